The second kappa shape index (κ2) is 6.28. The predicted octanol–water partition coefficient (Wildman–Crippen LogP) is 3.16. The molecule has 2 heterocycles. The summed E-state index contributed by atoms with van der Waals surface area (Å²) in [5.74, 6) is -1.37. The number of nitrogens with zero attached hydrogens (tertiary/aromatic N) is 2. The third-order valence-corrected chi connectivity index (χ3v) is 3.76. The Hall–Kier alpha value is -3.17. The van der Waals surface area contributed by atoms with Gasteiger partial charge in [-0.2, -0.15) is 18.3 Å². The van der Waals surface area contributed by atoms with E-state index < -0.39 is 24.4 Å². The van der Waals surface area contributed by atoms with E-state index in [1.165, 1.54) is 19.2 Å². The van der Waals surface area contributed by atoms with Gasteiger partial charge in [0.2, 0.25) is 5.78 Å². The highest BCUT2D eigenvalue weighted by molar-refractivity contribution is 6.17. The quantitative estimate of drug-likeness (QED) is 0.545. The van der Waals surface area contributed by atoms with E-state index in [9.17, 15) is 22.4 Å². The topological polar surface area (TPSA) is 93.9 Å². The van der Waals surface area contributed by atoms with E-state index in [0.29, 0.717) is 0 Å². The summed E-state index contributed by atoms with van der Waals surface area (Å²) in [5.41, 5.74) is 5.89. The molecule has 0 aliphatic rings. The van der Waals surface area contributed by atoms with Crippen molar-refractivity contribution in [3.8, 4) is 5.75 Å². The van der Waals surface area contributed by atoms with Crippen molar-refractivity contribution < 1.29 is 27.1 Å². The van der Waals surface area contributed by atoms with Crippen molar-refractivity contribution in [1.29, 1.82) is 0 Å². The van der Waals surface area contributed by atoms with E-state index >= 15 is 0 Å². The fourth-order valence-electron chi connectivity index (χ4n) is 2.41. The number of nitrogens with one attached hydrogen (secondary N) is 1. The van der Waals surface area contributed by atoms with E-state index in [1.807, 2.05) is 0 Å². The van der Waals surface area contributed by atoms with Gasteiger partial charge >= 0.3 is 6.18 Å². The molecule has 3 aromatic rings. The number of benzene rings is 1. The molecular weight excluding hydrogens is 356 g/mol. The lowest BCUT2D eigenvalue weighted by atomic mass is 10.0. The van der Waals surface area contributed by atoms with E-state index in [4.69, 9.17) is 5.73 Å². The largest absolute Gasteiger partial charge is 0.482 e. The first kappa shape index (κ1) is 17.6. The maximum atomic E-state index is 13.7. The Morgan fingerprint density at radius 3 is 2.73 bits per heavy atom. The van der Waals surface area contributed by atoms with Crippen molar-refractivity contribution in [1.82, 2.24) is 15.2 Å². The van der Waals surface area contributed by atoms with Gasteiger partial charge in [-0.05, 0) is 19.1 Å². The van der Waals surface area contributed by atoms with Crippen LogP contribution in [-0.4, -0.2) is 33.7 Å². The van der Waals surface area contributed by atoms with Crippen molar-refractivity contribution in [2.75, 3.05) is 12.3 Å². The molecule has 1 aromatic carbocycles. The highest BCUT2D eigenvalue weighted by Crippen LogP contribution is 2.29. The second-order valence-corrected chi connectivity index (χ2v) is 5.50. The Bertz CT molecular complexity index is 998. The zero-order valence-corrected chi connectivity index (χ0v) is 13.3. The standard InChI is InChI=1S/C16H12F4N4O2/c1-7-11(26-6-16(18,19)20)5-22-14(12(7)21)15(25)8-2-3-10(17)13-9(8)4-23-24-13/h2-5H,6,21H2,1H3,(H,23,24). The molecule has 0 unspecified atom stereocenters. The van der Waals surface area contributed by atoms with E-state index in [1.54, 1.807) is 0 Å². The molecule has 0 saturated heterocycles. The number of carbonyl (C=O) groups excluding carboxylic acids is 1. The number of anilines is 1. The zero-order valence-electron chi connectivity index (χ0n) is 13.3. The molecule has 6 nitrogen and oxygen atoms in total. The average molecular weight is 368 g/mol. The number of rotatable bonds is 4. The number of carbonyl (C=O) groups is 1. The van der Waals surface area contributed by atoms with Gasteiger partial charge in [0.15, 0.2) is 6.61 Å². The SMILES string of the molecule is Cc1c(OCC(F)(F)F)cnc(C(=O)c2ccc(F)c3[nH]ncc23)c1N. The van der Waals surface area contributed by atoms with Crippen LogP contribution in [0.5, 0.6) is 5.75 Å². The number of ether oxygens (including phenoxy) is 1. The highest BCUT2D eigenvalue weighted by atomic mass is 19.4. The molecule has 0 aliphatic heterocycles. The van der Waals surface area contributed by atoms with Gasteiger partial charge in [-0.15, -0.1) is 0 Å². The number of halogens is 4. The maximum Gasteiger partial charge on any atom is 0.422 e. The number of aromatic amines is 1. The molecule has 26 heavy (non-hydrogen) atoms. The number of H-pyrrole nitrogens is 1. The number of nitrogens with two attached hydrogens (primary N) is 1. The molecule has 0 amide bonds. The van der Waals surface area contributed by atoms with Gasteiger partial charge in [0, 0.05) is 16.5 Å². The van der Waals surface area contributed by atoms with Crippen LogP contribution in [-0.2, 0) is 0 Å². The number of alkyl halides is 3. The summed E-state index contributed by atoms with van der Waals surface area (Å²) in [4.78, 5) is 16.6. The van der Waals surface area contributed by atoms with Crippen LogP contribution in [0, 0.1) is 12.7 Å². The van der Waals surface area contributed by atoms with E-state index in [-0.39, 0.29) is 39.2 Å². The molecule has 10 heteroatoms. The van der Waals surface area contributed by atoms with Gasteiger partial charge in [0.25, 0.3) is 0 Å². The summed E-state index contributed by atoms with van der Waals surface area (Å²) in [6.07, 6.45) is -2.23. The summed E-state index contributed by atoms with van der Waals surface area (Å²) in [6, 6.07) is 2.36. The summed E-state index contributed by atoms with van der Waals surface area (Å²) >= 11 is 0. The normalized spacial score (nSPS) is 11.7. The number of fused-ring (bicyclic) bond motifs is 1. The van der Waals surface area contributed by atoms with Crippen molar-refractivity contribution >= 4 is 22.4 Å². The van der Waals surface area contributed by atoms with Crippen molar-refractivity contribution in [2.24, 2.45) is 0 Å². The van der Waals surface area contributed by atoms with Crippen LogP contribution in [0.15, 0.2) is 24.5 Å². The third-order valence-electron chi connectivity index (χ3n) is 3.76. The Balaban J connectivity index is 1.99. The van der Waals surface area contributed by atoms with Gasteiger partial charge in [-0.3, -0.25) is 9.89 Å². The zero-order chi connectivity index (χ0) is 19.1. The third kappa shape index (κ3) is 3.17. The number of ketones is 1. The summed E-state index contributed by atoms with van der Waals surface area (Å²) in [7, 11) is 0. The number of pyridine rings is 1. The van der Waals surface area contributed by atoms with Gasteiger partial charge in [-0.25, -0.2) is 9.37 Å². The fraction of sp³-hybridized carbons (Fsp3) is 0.188. The van der Waals surface area contributed by atoms with Crippen LogP contribution in [0.25, 0.3) is 10.9 Å². The molecule has 0 radical (unpaired) electrons. The molecule has 0 bridgehead atoms. The number of aromatic nitrogens is 3. The molecular formula is C16H12F4N4O2. The lowest BCUT2D eigenvalue weighted by molar-refractivity contribution is -0.153. The molecule has 0 fully saturated rings. The maximum absolute atomic E-state index is 13.7. The van der Waals surface area contributed by atoms with E-state index in [2.05, 4.69) is 19.9 Å². The van der Waals surface area contributed by atoms with Crippen LogP contribution >= 0.6 is 0 Å². The van der Waals surface area contributed by atoms with Crippen LogP contribution in [0.3, 0.4) is 0 Å². The molecule has 3 rings (SSSR count). The summed E-state index contributed by atoms with van der Waals surface area (Å²) in [5, 5.41) is 6.39. The van der Waals surface area contributed by atoms with E-state index in [0.717, 1.165) is 12.3 Å². The first-order valence-electron chi connectivity index (χ1n) is 7.30. The van der Waals surface area contributed by atoms with Gasteiger partial charge < -0.3 is 10.5 Å². The van der Waals surface area contributed by atoms with Crippen molar-refractivity contribution in [2.45, 2.75) is 13.1 Å². The Labute approximate surface area is 144 Å². The first-order valence-corrected chi connectivity index (χ1v) is 7.30. The fourth-order valence-corrected chi connectivity index (χ4v) is 2.41. The Kier molecular flexibility index (Phi) is 4.26. The van der Waals surface area contributed by atoms with Crippen molar-refractivity contribution in [3.63, 3.8) is 0 Å². The summed E-state index contributed by atoms with van der Waals surface area (Å²) < 4.78 is 55.2. The van der Waals surface area contributed by atoms with Crippen LogP contribution in [0.4, 0.5) is 23.2 Å². The minimum atomic E-state index is -4.52. The molecule has 3 N–H and O–H groups in total. The van der Waals surface area contributed by atoms with Crippen LogP contribution in [0.2, 0.25) is 0 Å². The van der Waals surface area contributed by atoms with Gasteiger partial charge in [-0.1, -0.05) is 0 Å². The molecule has 136 valence electrons. The molecule has 2 aromatic heterocycles. The molecule has 0 saturated carbocycles. The Morgan fingerprint density at radius 1 is 1.31 bits per heavy atom. The Morgan fingerprint density at radius 2 is 2.04 bits per heavy atom. The van der Waals surface area contributed by atoms with Gasteiger partial charge in [0.05, 0.1) is 18.1 Å². The summed E-state index contributed by atoms with van der Waals surface area (Å²) in [6.45, 7) is -0.0898. The van der Waals surface area contributed by atoms with Crippen LogP contribution < -0.4 is 10.5 Å². The van der Waals surface area contributed by atoms with Crippen molar-refractivity contribution in [3.05, 3.63) is 47.2 Å². The predicted molar refractivity (Wildman–Crippen MR) is 84.4 cm³/mol. The minimum absolute atomic E-state index is 0.0521. The number of hydrogen-bond donors (Lipinski definition) is 2. The molecule has 0 aliphatic carbocycles. The lowest BCUT2D eigenvalue weighted by Crippen LogP contribution is -2.20. The highest BCUT2D eigenvalue weighted by Gasteiger charge is 2.29. The number of nitrogen functional groups attached to an aromatic ring is 1. The first-order chi connectivity index (χ1) is 12.2. The van der Waals surface area contributed by atoms with Crippen LogP contribution in [0.1, 0.15) is 21.6 Å². The average Bonchev–Trinajstić information content (AvgIpc) is 3.06. The lowest BCUT2D eigenvalue weighted by Gasteiger charge is -2.14. The molecule has 0 atom stereocenters. The number of hydrogen-bond acceptors (Lipinski definition) is 5. The minimum Gasteiger partial charge on any atom is -0.482 e. The van der Waals surface area contributed by atoms with Gasteiger partial charge in [0.1, 0.15) is 22.8 Å². The monoisotopic (exact) mass is 368 g/mol. The molecule has 0 spiro atoms. The second-order valence-electron chi connectivity index (χ2n) is 5.50. The smallest absolute Gasteiger partial charge is 0.422 e.